The molecule has 0 bridgehead atoms. The van der Waals surface area contributed by atoms with Gasteiger partial charge in [0.25, 0.3) is 11.8 Å². The standard InChI is InChI=1S/C24H19BrN4O2/c1-29-22(27-23(30)17-7-3-2-4-8-17)15-21(28-29)16-11-13-18(14-12-16)26-24(31)19-9-5-6-10-20(19)25/h2-15H,1H3,(H,26,31)(H,27,30). The maximum absolute atomic E-state index is 12.5. The van der Waals surface area contributed by atoms with E-state index >= 15 is 0 Å². The van der Waals surface area contributed by atoms with Gasteiger partial charge >= 0.3 is 0 Å². The summed E-state index contributed by atoms with van der Waals surface area (Å²) in [7, 11) is 1.77. The summed E-state index contributed by atoms with van der Waals surface area (Å²) in [5.74, 6) is 0.208. The summed E-state index contributed by atoms with van der Waals surface area (Å²) >= 11 is 3.39. The molecular weight excluding hydrogens is 456 g/mol. The number of hydrogen-bond acceptors (Lipinski definition) is 3. The van der Waals surface area contributed by atoms with Crippen molar-refractivity contribution in [2.75, 3.05) is 10.6 Å². The van der Waals surface area contributed by atoms with E-state index in [4.69, 9.17) is 0 Å². The van der Waals surface area contributed by atoms with Gasteiger partial charge in [-0.05, 0) is 52.3 Å². The number of benzene rings is 3. The Labute approximate surface area is 188 Å². The van der Waals surface area contributed by atoms with Crippen LogP contribution in [0.4, 0.5) is 11.5 Å². The van der Waals surface area contributed by atoms with Crippen LogP contribution in [0.15, 0.2) is 89.4 Å². The van der Waals surface area contributed by atoms with Crippen molar-refractivity contribution in [2.45, 2.75) is 0 Å². The number of rotatable bonds is 5. The number of aromatic nitrogens is 2. The van der Waals surface area contributed by atoms with Gasteiger partial charge in [0.15, 0.2) is 0 Å². The number of halogens is 1. The summed E-state index contributed by atoms with van der Waals surface area (Å²) in [6, 6.07) is 25.5. The highest BCUT2D eigenvalue weighted by Gasteiger charge is 2.13. The largest absolute Gasteiger partial charge is 0.322 e. The molecule has 0 aliphatic heterocycles. The summed E-state index contributed by atoms with van der Waals surface area (Å²) in [4.78, 5) is 24.9. The number of amides is 2. The van der Waals surface area contributed by atoms with Crippen molar-refractivity contribution >= 4 is 39.2 Å². The first-order valence-electron chi connectivity index (χ1n) is 9.58. The first-order chi connectivity index (χ1) is 15.0. The highest BCUT2D eigenvalue weighted by Crippen LogP contribution is 2.24. The molecule has 0 saturated carbocycles. The van der Waals surface area contributed by atoms with Crippen LogP contribution >= 0.6 is 15.9 Å². The molecular formula is C24H19BrN4O2. The highest BCUT2D eigenvalue weighted by atomic mass is 79.9. The second-order valence-corrected chi connectivity index (χ2v) is 7.72. The molecule has 6 nitrogen and oxygen atoms in total. The average molecular weight is 475 g/mol. The van der Waals surface area contributed by atoms with Crippen molar-refractivity contribution < 1.29 is 9.59 Å². The summed E-state index contributed by atoms with van der Waals surface area (Å²) in [6.07, 6.45) is 0. The Kier molecular flexibility index (Phi) is 5.95. The zero-order chi connectivity index (χ0) is 21.8. The van der Waals surface area contributed by atoms with Crippen molar-refractivity contribution in [3.63, 3.8) is 0 Å². The minimum absolute atomic E-state index is 0.191. The lowest BCUT2D eigenvalue weighted by Crippen LogP contribution is -2.14. The summed E-state index contributed by atoms with van der Waals surface area (Å²) in [5, 5.41) is 10.3. The smallest absolute Gasteiger partial charge is 0.256 e. The van der Waals surface area contributed by atoms with Gasteiger partial charge in [-0.1, -0.05) is 42.5 Å². The first kappa shape index (κ1) is 20.6. The van der Waals surface area contributed by atoms with Crippen LogP contribution in [0.3, 0.4) is 0 Å². The fraction of sp³-hybridized carbons (Fsp3) is 0.0417. The van der Waals surface area contributed by atoms with Gasteiger partial charge in [0.2, 0.25) is 0 Å². The minimum atomic E-state index is -0.194. The molecule has 154 valence electrons. The molecule has 7 heteroatoms. The number of hydrogen-bond donors (Lipinski definition) is 2. The molecule has 1 aromatic heterocycles. The number of carbonyl (C=O) groups excluding carboxylic acids is 2. The van der Waals surface area contributed by atoms with Crippen molar-refractivity contribution in [1.82, 2.24) is 9.78 Å². The molecule has 3 aromatic carbocycles. The molecule has 1 heterocycles. The van der Waals surface area contributed by atoms with E-state index in [1.54, 1.807) is 29.9 Å². The molecule has 0 fully saturated rings. The summed E-state index contributed by atoms with van der Waals surface area (Å²) < 4.78 is 2.36. The second kappa shape index (κ2) is 8.97. The Morgan fingerprint density at radius 2 is 1.52 bits per heavy atom. The van der Waals surface area contributed by atoms with E-state index in [9.17, 15) is 9.59 Å². The normalized spacial score (nSPS) is 10.5. The predicted octanol–water partition coefficient (Wildman–Crippen LogP) is 5.35. The van der Waals surface area contributed by atoms with Crippen molar-refractivity contribution in [2.24, 2.45) is 7.05 Å². The molecule has 2 amide bonds. The quantitative estimate of drug-likeness (QED) is 0.409. The van der Waals surface area contributed by atoms with Crippen LogP contribution in [0.25, 0.3) is 11.3 Å². The SMILES string of the molecule is Cn1nc(-c2ccc(NC(=O)c3ccccc3Br)cc2)cc1NC(=O)c1ccccc1. The van der Waals surface area contributed by atoms with E-state index in [2.05, 4.69) is 31.7 Å². The number of nitrogens with zero attached hydrogens (tertiary/aromatic N) is 2. The Hall–Kier alpha value is -3.71. The lowest BCUT2D eigenvalue weighted by Gasteiger charge is -2.07. The van der Waals surface area contributed by atoms with Gasteiger partial charge in [-0.15, -0.1) is 0 Å². The van der Waals surface area contributed by atoms with Crippen LogP contribution in [0.1, 0.15) is 20.7 Å². The van der Waals surface area contributed by atoms with E-state index < -0.39 is 0 Å². The number of carbonyl (C=O) groups is 2. The van der Waals surface area contributed by atoms with Gasteiger partial charge in [0.05, 0.1) is 11.3 Å². The van der Waals surface area contributed by atoms with Crippen LogP contribution in [0.2, 0.25) is 0 Å². The van der Waals surface area contributed by atoms with Crippen molar-refractivity contribution in [1.29, 1.82) is 0 Å². The van der Waals surface area contributed by atoms with E-state index in [-0.39, 0.29) is 11.8 Å². The second-order valence-electron chi connectivity index (χ2n) is 6.87. The lowest BCUT2D eigenvalue weighted by atomic mass is 10.1. The Bertz CT molecular complexity index is 1230. The zero-order valence-electron chi connectivity index (χ0n) is 16.7. The van der Waals surface area contributed by atoms with Gasteiger partial charge in [-0.25, -0.2) is 0 Å². The van der Waals surface area contributed by atoms with Crippen LogP contribution in [0, 0.1) is 0 Å². The maximum Gasteiger partial charge on any atom is 0.256 e. The van der Waals surface area contributed by atoms with E-state index in [0.29, 0.717) is 22.6 Å². The van der Waals surface area contributed by atoms with Gasteiger partial charge in [-0.2, -0.15) is 5.10 Å². The zero-order valence-corrected chi connectivity index (χ0v) is 18.3. The fourth-order valence-corrected chi connectivity index (χ4v) is 3.54. The van der Waals surface area contributed by atoms with Crippen LogP contribution in [-0.4, -0.2) is 21.6 Å². The fourth-order valence-electron chi connectivity index (χ4n) is 3.07. The molecule has 4 aromatic rings. The Morgan fingerprint density at radius 3 is 2.23 bits per heavy atom. The molecule has 4 rings (SSSR count). The van der Waals surface area contributed by atoms with Crippen molar-refractivity contribution in [3.8, 4) is 11.3 Å². The third-order valence-corrected chi connectivity index (χ3v) is 5.41. The lowest BCUT2D eigenvalue weighted by molar-refractivity contribution is 0.101. The molecule has 0 spiro atoms. The monoisotopic (exact) mass is 474 g/mol. The third-order valence-electron chi connectivity index (χ3n) is 4.71. The molecule has 0 unspecified atom stereocenters. The van der Waals surface area contributed by atoms with E-state index in [1.807, 2.05) is 66.7 Å². The Balaban J connectivity index is 1.47. The molecule has 0 aliphatic carbocycles. The van der Waals surface area contributed by atoms with E-state index in [1.165, 1.54) is 0 Å². The molecule has 0 saturated heterocycles. The minimum Gasteiger partial charge on any atom is -0.322 e. The van der Waals surface area contributed by atoms with Crippen LogP contribution in [-0.2, 0) is 7.05 Å². The van der Waals surface area contributed by atoms with Gasteiger partial charge < -0.3 is 10.6 Å². The number of nitrogens with one attached hydrogen (secondary N) is 2. The topological polar surface area (TPSA) is 76.0 Å². The molecule has 0 aliphatic rings. The Morgan fingerprint density at radius 1 is 0.839 bits per heavy atom. The van der Waals surface area contributed by atoms with Gasteiger partial charge in [0, 0.05) is 34.4 Å². The molecule has 0 atom stereocenters. The summed E-state index contributed by atoms with van der Waals surface area (Å²) in [6.45, 7) is 0. The van der Waals surface area contributed by atoms with Gasteiger partial charge in [0.1, 0.15) is 5.82 Å². The van der Waals surface area contributed by atoms with Crippen LogP contribution < -0.4 is 10.6 Å². The molecule has 31 heavy (non-hydrogen) atoms. The number of anilines is 2. The average Bonchev–Trinajstić information content (AvgIpc) is 3.15. The highest BCUT2D eigenvalue weighted by molar-refractivity contribution is 9.10. The van der Waals surface area contributed by atoms with E-state index in [0.717, 1.165) is 15.7 Å². The van der Waals surface area contributed by atoms with Gasteiger partial charge in [-0.3, -0.25) is 14.3 Å². The first-order valence-corrected chi connectivity index (χ1v) is 10.4. The molecule has 0 radical (unpaired) electrons. The van der Waals surface area contributed by atoms with Crippen LogP contribution in [0.5, 0.6) is 0 Å². The number of aryl methyl sites for hydroxylation is 1. The molecule has 2 N–H and O–H groups in total. The summed E-state index contributed by atoms with van der Waals surface area (Å²) in [5.41, 5.74) is 3.41. The third kappa shape index (κ3) is 4.73. The predicted molar refractivity (Wildman–Crippen MR) is 125 cm³/mol. The maximum atomic E-state index is 12.5. The van der Waals surface area contributed by atoms with Crippen molar-refractivity contribution in [3.05, 3.63) is 101 Å².